The molecule has 25 heavy (non-hydrogen) atoms. The summed E-state index contributed by atoms with van der Waals surface area (Å²) in [5.74, 6) is -1.55. The van der Waals surface area contributed by atoms with E-state index in [2.05, 4.69) is 0 Å². The fourth-order valence-electron chi connectivity index (χ4n) is 2.95. The summed E-state index contributed by atoms with van der Waals surface area (Å²) in [6, 6.07) is 19.0. The predicted molar refractivity (Wildman–Crippen MR) is 96.2 cm³/mol. The second kappa shape index (κ2) is 9.62. The van der Waals surface area contributed by atoms with Gasteiger partial charge in [-0.25, -0.2) is 0 Å². The first-order valence-corrected chi connectivity index (χ1v) is 8.59. The summed E-state index contributed by atoms with van der Waals surface area (Å²) in [5.41, 5.74) is 1.75. The van der Waals surface area contributed by atoms with Crippen LogP contribution in [0.4, 0.5) is 0 Å². The first-order chi connectivity index (χ1) is 12.2. The second-order valence-electron chi connectivity index (χ2n) is 5.67. The molecule has 0 saturated carbocycles. The molecule has 2 unspecified atom stereocenters. The number of carbonyl (C=O) groups excluding carboxylic acids is 2. The van der Waals surface area contributed by atoms with E-state index >= 15 is 0 Å². The van der Waals surface area contributed by atoms with E-state index in [9.17, 15) is 9.59 Å². The van der Waals surface area contributed by atoms with Crippen LogP contribution in [-0.4, -0.2) is 25.2 Å². The van der Waals surface area contributed by atoms with Gasteiger partial charge in [-0.3, -0.25) is 9.59 Å². The van der Waals surface area contributed by atoms with Crippen LogP contribution in [0.15, 0.2) is 60.7 Å². The Kier molecular flexibility index (Phi) is 7.20. The monoisotopic (exact) mass is 340 g/mol. The Morgan fingerprint density at radius 1 is 0.800 bits per heavy atom. The molecule has 0 saturated heterocycles. The van der Waals surface area contributed by atoms with Crippen molar-refractivity contribution in [1.82, 2.24) is 0 Å². The largest absolute Gasteiger partial charge is 0.466 e. The third kappa shape index (κ3) is 5.18. The molecule has 0 spiro atoms. The molecule has 0 aromatic heterocycles. The Balaban J connectivity index is 2.44. The minimum absolute atomic E-state index is 0.121. The SMILES string of the molecule is CCOC(=O)CC(c1ccccc1)C(C(=O)OCC)c1ccccc1. The van der Waals surface area contributed by atoms with Crippen LogP contribution in [0.1, 0.15) is 43.2 Å². The van der Waals surface area contributed by atoms with Gasteiger partial charge in [0.05, 0.1) is 25.6 Å². The van der Waals surface area contributed by atoms with Gasteiger partial charge in [0.25, 0.3) is 0 Å². The van der Waals surface area contributed by atoms with Gasteiger partial charge in [-0.15, -0.1) is 0 Å². The Hall–Kier alpha value is -2.62. The van der Waals surface area contributed by atoms with E-state index < -0.39 is 5.92 Å². The molecule has 0 N–H and O–H groups in total. The lowest BCUT2D eigenvalue weighted by Crippen LogP contribution is -2.25. The van der Waals surface area contributed by atoms with Gasteiger partial charge < -0.3 is 9.47 Å². The summed E-state index contributed by atoms with van der Waals surface area (Å²) in [4.78, 5) is 24.9. The van der Waals surface area contributed by atoms with Gasteiger partial charge in [0.15, 0.2) is 0 Å². The van der Waals surface area contributed by atoms with E-state index in [0.717, 1.165) is 11.1 Å². The van der Waals surface area contributed by atoms with Crippen molar-refractivity contribution in [3.05, 3.63) is 71.8 Å². The van der Waals surface area contributed by atoms with Crippen molar-refractivity contribution < 1.29 is 19.1 Å². The molecule has 0 heterocycles. The highest BCUT2D eigenvalue weighted by atomic mass is 16.5. The lowest BCUT2D eigenvalue weighted by atomic mass is 9.79. The molecule has 132 valence electrons. The molecule has 0 fully saturated rings. The molecule has 0 aliphatic rings. The maximum atomic E-state index is 12.7. The van der Waals surface area contributed by atoms with Crippen molar-refractivity contribution in [2.45, 2.75) is 32.1 Å². The highest BCUT2D eigenvalue weighted by Gasteiger charge is 2.34. The van der Waals surface area contributed by atoms with Crippen molar-refractivity contribution in [1.29, 1.82) is 0 Å². The first-order valence-electron chi connectivity index (χ1n) is 8.59. The Morgan fingerprint density at radius 3 is 1.84 bits per heavy atom. The highest BCUT2D eigenvalue weighted by molar-refractivity contribution is 5.81. The number of carbonyl (C=O) groups is 2. The maximum Gasteiger partial charge on any atom is 0.314 e. The molecule has 4 heteroatoms. The minimum Gasteiger partial charge on any atom is -0.466 e. The second-order valence-corrected chi connectivity index (χ2v) is 5.67. The summed E-state index contributed by atoms with van der Waals surface area (Å²) < 4.78 is 10.4. The van der Waals surface area contributed by atoms with Crippen molar-refractivity contribution in [3.8, 4) is 0 Å². The van der Waals surface area contributed by atoms with E-state index in [4.69, 9.17) is 9.47 Å². The number of hydrogen-bond donors (Lipinski definition) is 0. The van der Waals surface area contributed by atoms with E-state index in [1.54, 1.807) is 13.8 Å². The molecule has 2 atom stereocenters. The first kappa shape index (κ1) is 18.7. The summed E-state index contributed by atoms with van der Waals surface area (Å²) in [6.45, 7) is 4.16. The number of ether oxygens (including phenoxy) is 2. The average Bonchev–Trinajstić information content (AvgIpc) is 2.63. The molecule has 0 aliphatic heterocycles. The van der Waals surface area contributed by atoms with E-state index in [1.807, 2.05) is 60.7 Å². The van der Waals surface area contributed by atoms with Gasteiger partial charge in [-0.1, -0.05) is 60.7 Å². The van der Waals surface area contributed by atoms with Crippen molar-refractivity contribution in [2.75, 3.05) is 13.2 Å². The predicted octanol–water partition coefficient (Wildman–Crippen LogP) is 4.07. The maximum absolute atomic E-state index is 12.7. The van der Waals surface area contributed by atoms with Gasteiger partial charge >= 0.3 is 11.9 Å². The third-order valence-corrected chi connectivity index (χ3v) is 4.02. The molecular weight excluding hydrogens is 316 g/mol. The van der Waals surface area contributed by atoms with Crippen LogP contribution in [0, 0.1) is 0 Å². The van der Waals surface area contributed by atoms with Crippen molar-refractivity contribution >= 4 is 11.9 Å². The zero-order chi connectivity index (χ0) is 18.1. The van der Waals surface area contributed by atoms with E-state index in [1.165, 1.54) is 0 Å². The fourth-order valence-corrected chi connectivity index (χ4v) is 2.95. The molecule has 0 bridgehead atoms. The lowest BCUT2D eigenvalue weighted by Gasteiger charge is -2.26. The molecule has 2 rings (SSSR count). The Labute approximate surface area is 148 Å². The Bertz CT molecular complexity index is 667. The van der Waals surface area contributed by atoms with Gasteiger partial charge in [0.2, 0.25) is 0 Å². The molecule has 0 radical (unpaired) electrons. The van der Waals surface area contributed by atoms with Crippen LogP contribution in [-0.2, 0) is 19.1 Å². The number of benzene rings is 2. The van der Waals surface area contributed by atoms with Crippen LogP contribution in [0.25, 0.3) is 0 Å². The summed E-state index contributed by atoms with van der Waals surface area (Å²) in [5, 5.41) is 0. The number of rotatable bonds is 8. The molecule has 0 amide bonds. The quantitative estimate of drug-likeness (QED) is 0.680. The topological polar surface area (TPSA) is 52.6 Å². The van der Waals surface area contributed by atoms with E-state index in [-0.39, 0.29) is 24.3 Å². The standard InChI is InChI=1S/C21H24O4/c1-3-24-19(22)15-18(16-11-7-5-8-12-16)20(21(23)25-4-2)17-13-9-6-10-14-17/h5-14,18,20H,3-4,15H2,1-2H3. The highest BCUT2D eigenvalue weighted by Crippen LogP contribution is 2.37. The summed E-state index contributed by atoms with van der Waals surface area (Å²) >= 11 is 0. The van der Waals surface area contributed by atoms with Crippen LogP contribution >= 0.6 is 0 Å². The Morgan fingerprint density at radius 2 is 1.32 bits per heavy atom. The zero-order valence-corrected chi connectivity index (χ0v) is 14.7. The molecule has 2 aromatic rings. The van der Waals surface area contributed by atoms with Crippen LogP contribution < -0.4 is 0 Å². The van der Waals surface area contributed by atoms with Gasteiger partial charge in [0.1, 0.15) is 0 Å². The zero-order valence-electron chi connectivity index (χ0n) is 14.7. The van der Waals surface area contributed by atoms with Gasteiger partial charge in [-0.05, 0) is 25.0 Å². The smallest absolute Gasteiger partial charge is 0.314 e. The molecular formula is C21H24O4. The van der Waals surface area contributed by atoms with Crippen LogP contribution in [0.3, 0.4) is 0 Å². The summed E-state index contributed by atoms with van der Waals surface area (Å²) in [6.07, 6.45) is 0.121. The summed E-state index contributed by atoms with van der Waals surface area (Å²) in [7, 11) is 0. The van der Waals surface area contributed by atoms with Crippen molar-refractivity contribution in [3.63, 3.8) is 0 Å². The minimum atomic E-state index is -0.562. The van der Waals surface area contributed by atoms with Crippen molar-refractivity contribution in [2.24, 2.45) is 0 Å². The lowest BCUT2D eigenvalue weighted by molar-refractivity contribution is -0.147. The molecule has 4 nitrogen and oxygen atoms in total. The molecule has 0 aliphatic carbocycles. The normalized spacial score (nSPS) is 12.9. The van der Waals surface area contributed by atoms with Gasteiger partial charge in [0, 0.05) is 5.92 Å². The fraction of sp³-hybridized carbons (Fsp3) is 0.333. The number of esters is 2. The molecule has 2 aromatic carbocycles. The average molecular weight is 340 g/mol. The van der Waals surface area contributed by atoms with Crippen LogP contribution in [0.5, 0.6) is 0 Å². The van der Waals surface area contributed by atoms with E-state index in [0.29, 0.717) is 13.2 Å². The van der Waals surface area contributed by atoms with Crippen LogP contribution in [0.2, 0.25) is 0 Å². The number of hydrogen-bond acceptors (Lipinski definition) is 4. The third-order valence-electron chi connectivity index (χ3n) is 4.02. The van der Waals surface area contributed by atoms with Gasteiger partial charge in [-0.2, -0.15) is 0 Å².